The van der Waals surface area contributed by atoms with Gasteiger partial charge in [-0.25, -0.2) is 0 Å². The molecule has 7 nitrogen and oxygen atoms in total. The van der Waals surface area contributed by atoms with Crippen molar-refractivity contribution >= 4 is 29.2 Å². The molecule has 0 bridgehead atoms. The fourth-order valence-electron chi connectivity index (χ4n) is 1.71. The summed E-state index contributed by atoms with van der Waals surface area (Å²) in [5.74, 6) is 0.386. The van der Waals surface area contributed by atoms with Crippen LogP contribution in [0.5, 0.6) is 0 Å². The standard InChI is InChI=1S/C14H18N6OS/c1-9(2)8-20-18-13(17-19-20)16-14(22)15-12(21)11-6-4-10(3)5-7-11/h4-7,9H,8H2,1-3H3,(H2,15,16,18,21,22). The molecule has 2 N–H and O–H groups in total. The average Bonchev–Trinajstić information content (AvgIpc) is 2.85. The van der Waals surface area contributed by atoms with Crippen molar-refractivity contribution in [2.75, 3.05) is 5.32 Å². The van der Waals surface area contributed by atoms with Gasteiger partial charge in [0, 0.05) is 5.56 Å². The molecule has 0 atom stereocenters. The summed E-state index contributed by atoms with van der Waals surface area (Å²) >= 11 is 5.08. The van der Waals surface area contributed by atoms with E-state index in [-0.39, 0.29) is 17.0 Å². The number of nitrogens with zero attached hydrogens (tertiary/aromatic N) is 4. The molecule has 0 unspecified atom stereocenters. The Morgan fingerprint density at radius 1 is 1.32 bits per heavy atom. The van der Waals surface area contributed by atoms with Gasteiger partial charge in [0.1, 0.15) is 0 Å². The van der Waals surface area contributed by atoms with Gasteiger partial charge in [-0.05, 0) is 42.4 Å². The van der Waals surface area contributed by atoms with E-state index in [4.69, 9.17) is 12.2 Å². The maximum atomic E-state index is 12.0. The van der Waals surface area contributed by atoms with Gasteiger partial charge in [0.2, 0.25) is 0 Å². The lowest BCUT2D eigenvalue weighted by molar-refractivity contribution is 0.0977. The molecule has 1 amide bonds. The summed E-state index contributed by atoms with van der Waals surface area (Å²) in [6.07, 6.45) is 0. The summed E-state index contributed by atoms with van der Waals surface area (Å²) in [5.41, 5.74) is 1.62. The molecule has 0 aliphatic rings. The Hall–Kier alpha value is -2.35. The summed E-state index contributed by atoms with van der Waals surface area (Å²) < 4.78 is 0. The van der Waals surface area contributed by atoms with Crippen molar-refractivity contribution in [2.45, 2.75) is 27.3 Å². The fourth-order valence-corrected chi connectivity index (χ4v) is 1.89. The number of carbonyl (C=O) groups excluding carboxylic acids is 1. The molecule has 0 saturated carbocycles. The molecule has 0 radical (unpaired) electrons. The molecular weight excluding hydrogens is 300 g/mol. The predicted molar refractivity (Wildman–Crippen MR) is 87.5 cm³/mol. The predicted octanol–water partition coefficient (Wildman–Crippen LogP) is 1.76. The number of hydrogen-bond acceptors (Lipinski definition) is 5. The van der Waals surface area contributed by atoms with E-state index in [9.17, 15) is 4.79 Å². The molecule has 1 heterocycles. The van der Waals surface area contributed by atoms with Crippen molar-refractivity contribution in [1.29, 1.82) is 0 Å². The highest BCUT2D eigenvalue weighted by Crippen LogP contribution is 2.03. The van der Waals surface area contributed by atoms with Crippen molar-refractivity contribution < 1.29 is 4.79 Å². The number of rotatable bonds is 4. The second-order valence-corrected chi connectivity index (χ2v) is 5.74. The van der Waals surface area contributed by atoms with E-state index in [2.05, 4.69) is 39.9 Å². The number of nitrogens with one attached hydrogen (secondary N) is 2. The van der Waals surface area contributed by atoms with E-state index in [0.717, 1.165) is 5.56 Å². The minimum absolute atomic E-state index is 0.134. The molecular formula is C14H18N6OS. The van der Waals surface area contributed by atoms with Crippen LogP contribution in [0.2, 0.25) is 0 Å². The van der Waals surface area contributed by atoms with Gasteiger partial charge in [-0.1, -0.05) is 36.6 Å². The van der Waals surface area contributed by atoms with Crippen LogP contribution in [0, 0.1) is 12.8 Å². The van der Waals surface area contributed by atoms with Crippen LogP contribution in [0.3, 0.4) is 0 Å². The van der Waals surface area contributed by atoms with Crippen molar-refractivity contribution in [3.8, 4) is 0 Å². The Morgan fingerprint density at radius 2 is 2.00 bits per heavy atom. The zero-order chi connectivity index (χ0) is 16.1. The van der Waals surface area contributed by atoms with Crippen molar-refractivity contribution in [3.05, 3.63) is 35.4 Å². The van der Waals surface area contributed by atoms with Gasteiger partial charge in [-0.2, -0.15) is 4.80 Å². The molecule has 1 aromatic heterocycles. The number of aromatic nitrogens is 4. The molecule has 0 spiro atoms. The van der Waals surface area contributed by atoms with Gasteiger partial charge in [-0.3, -0.25) is 15.4 Å². The first-order chi connectivity index (χ1) is 10.4. The van der Waals surface area contributed by atoms with Gasteiger partial charge in [0.15, 0.2) is 5.11 Å². The van der Waals surface area contributed by atoms with Crippen LogP contribution in [0.15, 0.2) is 24.3 Å². The second kappa shape index (κ2) is 7.08. The van der Waals surface area contributed by atoms with E-state index >= 15 is 0 Å². The largest absolute Gasteiger partial charge is 0.299 e. The molecule has 0 saturated heterocycles. The van der Waals surface area contributed by atoms with Crippen molar-refractivity contribution in [2.24, 2.45) is 5.92 Å². The van der Waals surface area contributed by atoms with Crippen LogP contribution in [-0.2, 0) is 6.54 Å². The van der Waals surface area contributed by atoms with Crippen molar-refractivity contribution in [1.82, 2.24) is 25.5 Å². The topological polar surface area (TPSA) is 84.7 Å². The molecule has 0 fully saturated rings. The summed E-state index contributed by atoms with van der Waals surface area (Å²) in [5, 5.41) is 17.3. The van der Waals surface area contributed by atoms with Gasteiger partial charge in [-0.15, -0.1) is 5.10 Å². The van der Waals surface area contributed by atoms with E-state index in [1.807, 2.05) is 19.1 Å². The first kappa shape index (κ1) is 16.0. The smallest absolute Gasteiger partial charge is 0.269 e. The number of hydrogen-bond donors (Lipinski definition) is 2. The number of thiocarbonyl (C=S) groups is 1. The molecule has 2 aromatic rings. The monoisotopic (exact) mass is 318 g/mol. The lowest BCUT2D eigenvalue weighted by Gasteiger charge is -2.06. The number of anilines is 1. The number of carbonyl (C=O) groups is 1. The van der Waals surface area contributed by atoms with Gasteiger partial charge in [0.25, 0.3) is 11.9 Å². The van der Waals surface area contributed by atoms with Crippen molar-refractivity contribution in [3.63, 3.8) is 0 Å². The van der Waals surface area contributed by atoms with Crippen LogP contribution in [0.4, 0.5) is 5.95 Å². The third-order valence-corrected chi connectivity index (χ3v) is 2.95. The lowest BCUT2D eigenvalue weighted by Crippen LogP contribution is -2.34. The van der Waals surface area contributed by atoms with Crippen LogP contribution in [-0.4, -0.2) is 31.2 Å². The molecule has 0 aliphatic carbocycles. The number of benzene rings is 1. The highest BCUT2D eigenvalue weighted by atomic mass is 32.1. The van der Waals surface area contributed by atoms with E-state index in [1.165, 1.54) is 4.80 Å². The van der Waals surface area contributed by atoms with Crippen LogP contribution < -0.4 is 10.6 Å². The Morgan fingerprint density at radius 3 is 2.64 bits per heavy atom. The highest BCUT2D eigenvalue weighted by molar-refractivity contribution is 7.80. The molecule has 0 aliphatic heterocycles. The Bertz CT molecular complexity index is 664. The minimum atomic E-state index is -0.285. The maximum absolute atomic E-state index is 12.0. The number of aryl methyl sites for hydroxylation is 1. The molecule has 1 aromatic carbocycles. The summed E-state index contributed by atoms with van der Waals surface area (Å²) in [7, 11) is 0. The first-order valence-corrected chi connectivity index (χ1v) is 7.31. The van der Waals surface area contributed by atoms with E-state index < -0.39 is 0 Å². The summed E-state index contributed by atoms with van der Waals surface area (Å²) in [6, 6.07) is 7.21. The van der Waals surface area contributed by atoms with Crippen LogP contribution in [0.1, 0.15) is 29.8 Å². The zero-order valence-corrected chi connectivity index (χ0v) is 13.5. The SMILES string of the molecule is Cc1ccc(C(=O)NC(=S)Nc2nnn(CC(C)C)n2)cc1. The van der Waals surface area contributed by atoms with Gasteiger partial charge >= 0.3 is 0 Å². The second-order valence-electron chi connectivity index (χ2n) is 5.34. The molecule has 8 heteroatoms. The molecule has 116 valence electrons. The Balaban J connectivity index is 1.91. The maximum Gasteiger partial charge on any atom is 0.269 e. The highest BCUT2D eigenvalue weighted by Gasteiger charge is 2.10. The van der Waals surface area contributed by atoms with Gasteiger partial charge in [0.05, 0.1) is 6.54 Å². The third-order valence-electron chi connectivity index (χ3n) is 2.75. The first-order valence-electron chi connectivity index (χ1n) is 6.91. The normalized spacial score (nSPS) is 10.5. The zero-order valence-electron chi connectivity index (χ0n) is 12.7. The summed E-state index contributed by atoms with van der Waals surface area (Å²) in [6.45, 7) is 6.74. The lowest BCUT2D eigenvalue weighted by atomic mass is 10.1. The Labute approximate surface area is 134 Å². The fraction of sp³-hybridized carbons (Fsp3) is 0.357. The quantitative estimate of drug-likeness (QED) is 0.836. The molecule has 22 heavy (non-hydrogen) atoms. The Kier molecular flexibility index (Phi) is 5.16. The van der Waals surface area contributed by atoms with Crippen LogP contribution >= 0.6 is 12.2 Å². The number of amides is 1. The molecule has 2 rings (SSSR count). The number of tetrazole rings is 1. The third kappa shape index (κ3) is 4.59. The van der Waals surface area contributed by atoms with Crippen LogP contribution in [0.25, 0.3) is 0 Å². The van der Waals surface area contributed by atoms with Gasteiger partial charge < -0.3 is 0 Å². The summed E-state index contributed by atoms with van der Waals surface area (Å²) in [4.78, 5) is 13.5. The van der Waals surface area contributed by atoms with E-state index in [1.54, 1.807) is 12.1 Å². The average molecular weight is 318 g/mol. The minimum Gasteiger partial charge on any atom is -0.299 e. The van der Waals surface area contributed by atoms with E-state index in [0.29, 0.717) is 18.0 Å².